The minimum atomic E-state index is -1.14. The number of methoxy groups -OCH3 is 1. The van der Waals surface area contributed by atoms with Crippen LogP contribution in [-0.2, 0) is 20.7 Å². The molecule has 2 N–H and O–H groups in total. The Balaban J connectivity index is 1.18. The second-order valence-electron chi connectivity index (χ2n) is 10.5. The molecule has 1 saturated carbocycles. The van der Waals surface area contributed by atoms with Crippen molar-refractivity contribution in [3.8, 4) is 23.7 Å². The number of carbonyl (C=O) groups excluding carboxylic acids is 2. The highest BCUT2D eigenvalue weighted by Gasteiger charge is 2.36. The topological polar surface area (TPSA) is 101 Å². The number of unbranched alkanes of at least 4 members (excludes halogenated alkanes) is 1. The van der Waals surface area contributed by atoms with E-state index in [4.69, 9.17) is 9.15 Å². The number of hydrogen-bond donors (Lipinski definition) is 2. The van der Waals surface area contributed by atoms with Gasteiger partial charge in [-0.15, -0.1) is 0 Å². The first-order chi connectivity index (χ1) is 19.4. The van der Waals surface area contributed by atoms with Gasteiger partial charge in [-0.2, -0.15) is 0 Å². The number of nitrogens with zero attached hydrogens (tertiary/aromatic N) is 1. The number of aliphatic hydroxyl groups excluding tert-OH is 1. The lowest BCUT2D eigenvalue weighted by Gasteiger charge is -2.26. The molecule has 1 aliphatic heterocycles. The van der Waals surface area contributed by atoms with Crippen molar-refractivity contribution in [3.05, 3.63) is 59.0 Å². The summed E-state index contributed by atoms with van der Waals surface area (Å²) in [6.45, 7) is 6.48. The molecule has 212 valence electrons. The Hall–Kier alpha value is -3.56. The van der Waals surface area contributed by atoms with Crippen LogP contribution in [0.25, 0.3) is 0 Å². The zero-order chi connectivity index (χ0) is 28.3. The highest BCUT2D eigenvalue weighted by Crippen LogP contribution is 2.44. The van der Waals surface area contributed by atoms with Crippen LogP contribution in [0.2, 0.25) is 0 Å². The molecule has 1 aliphatic carbocycles. The zero-order valence-corrected chi connectivity index (χ0v) is 23.3. The first-order valence-corrected chi connectivity index (χ1v) is 14.0. The molecule has 0 spiro atoms. The van der Waals surface area contributed by atoms with Crippen molar-refractivity contribution in [2.75, 3.05) is 40.0 Å². The fraction of sp³-hybridized carbons (Fsp3) is 0.500. The van der Waals surface area contributed by atoms with Crippen molar-refractivity contribution in [2.45, 2.75) is 51.2 Å². The summed E-state index contributed by atoms with van der Waals surface area (Å²) in [5.41, 5.74) is 1.02. The van der Waals surface area contributed by atoms with Crippen LogP contribution in [0.1, 0.15) is 60.0 Å². The second-order valence-corrected chi connectivity index (χ2v) is 10.5. The largest absolute Gasteiger partial charge is 0.467 e. The normalized spacial score (nSPS) is 19.8. The van der Waals surface area contributed by atoms with Gasteiger partial charge in [-0.1, -0.05) is 18.8 Å². The van der Waals surface area contributed by atoms with E-state index in [1.54, 1.807) is 24.3 Å². The third kappa shape index (κ3) is 8.99. The number of rotatable bonds is 11. The van der Waals surface area contributed by atoms with E-state index in [9.17, 15) is 14.7 Å². The van der Waals surface area contributed by atoms with Crippen LogP contribution in [0, 0.1) is 35.5 Å². The van der Waals surface area contributed by atoms with E-state index in [-0.39, 0.29) is 0 Å². The average Bonchev–Trinajstić information content (AvgIpc) is 3.55. The van der Waals surface area contributed by atoms with Gasteiger partial charge in [0.2, 0.25) is 0 Å². The molecule has 40 heavy (non-hydrogen) atoms. The third-order valence-corrected chi connectivity index (χ3v) is 7.42. The highest BCUT2D eigenvalue weighted by atomic mass is 16.5. The number of hydrogen-bond acceptors (Lipinski definition) is 7. The molecule has 8 heteroatoms. The molecule has 2 fully saturated rings. The summed E-state index contributed by atoms with van der Waals surface area (Å²) in [6.07, 6.45) is 5.04. The summed E-state index contributed by atoms with van der Waals surface area (Å²) in [5.74, 6) is 13.5. The number of amides is 1. The molecule has 0 bridgehead atoms. The zero-order valence-electron chi connectivity index (χ0n) is 23.3. The van der Waals surface area contributed by atoms with Crippen LogP contribution >= 0.6 is 0 Å². The lowest BCUT2D eigenvalue weighted by Crippen LogP contribution is -2.48. The Labute approximate surface area is 236 Å². The van der Waals surface area contributed by atoms with E-state index in [0.717, 1.165) is 50.3 Å². The number of ether oxygens (including phenoxy) is 2. The predicted octanol–water partition coefficient (Wildman–Crippen LogP) is 3.02. The summed E-state index contributed by atoms with van der Waals surface area (Å²) in [7, 11) is 1.20. The first-order valence-electron chi connectivity index (χ1n) is 14.0. The van der Waals surface area contributed by atoms with Gasteiger partial charge in [0.25, 0.3) is 5.91 Å². The van der Waals surface area contributed by atoms with E-state index in [0.29, 0.717) is 16.9 Å². The van der Waals surface area contributed by atoms with Crippen molar-refractivity contribution in [2.24, 2.45) is 11.8 Å². The van der Waals surface area contributed by atoms with Gasteiger partial charge in [0.05, 0.1) is 26.4 Å². The van der Waals surface area contributed by atoms with E-state index in [1.165, 1.54) is 46.3 Å². The van der Waals surface area contributed by atoms with Crippen LogP contribution in [0.5, 0.6) is 0 Å². The molecule has 4 atom stereocenters. The minimum absolute atomic E-state index is 0.334. The standard InChI is InChI=1S/C32H38N2O6/c1-23(35)30(32(37)38-2)33-31(36)25-12-10-24(11-13-25)7-3-4-9-28-14-15-29(40-28)22-27-21-26(27)8-5-6-16-34-17-19-39-20-18-34/h10-15,23,26-27,30,35H,5-6,8,16-22H2,1-2H3,(H,33,36)/t23-,26?,27?,30+/m1/s1. The molecule has 1 saturated heterocycles. The summed E-state index contributed by atoms with van der Waals surface area (Å²) in [6, 6.07) is 9.34. The molecular weight excluding hydrogens is 508 g/mol. The molecule has 2 unspecified atom stereocenters. The quantitative estimate of drug-likeness (QED) is 0.254. The van der Waals surface area contributed by atoms with Crippen LogP contribution in [0.3, 0.4) is 0 Å². The van der Waals surface area contributed by atoms with Crippen molar-refractivity contribution < 1.29 is 28.6 Å². The van der Waals surface area contributed by atoms with Crippen LogP contribution in [0.4, 0.5) is 0 Å². The van der Waals surface area contributed by atoms with Crippen molar-refractivity contribution in [1.29, 1.82) is 0 Å². The third-order valence-electron chi connectivity index (χ3n) is 7.42. The number of morpholine rings is 1. The molecule has 2 aromatic rings. The van der Waals surface area contributed by atoms with Gasteiger partial charge in [-0.3, -0.25) is 9.69 Å². The maximum Gasteiger partial charge on any atom is 0.331 e. The van der Waals surface area contributed by atoms with Gasteiger partial charge in [0, 0.05) is 30.6 Å². The Morgan fingerprint density at radius 3 is 2.55 bits per heavy atom. The SMILES string of the molecule is COC(=O)[C@@H](NC(=O)c1ccc(C#CC#Cc2ccc(CC3CC3CCCCN3CCOCC3)o2)cc1)[C@@H](C)O. The predicted molar refractivity (Wildman–Crippen MR) is 150 cm³/mol. The monoisotopic (exact) mass is 546 g/mol. The second kappa shape index (κ2) is 14.7. The molecule has 1 amide bonds. The molecule has 1 aromatic carbocycles. The lowest BCUT2D eigenvalue weighted by molar-refractivity contribution is -0.145. The molecule has 1 aromatic heterocycles. The van der Waals surface area contributed by atoms with Gasteiger partial charge in [-0.25, -0.2) is 4.79 Å². The Kier molecular flexibility index (Phi) is 10.8. The van der Waals surface area contributed by atoms with Crippen LogP contribution < -0.4 is 5.32 Å². The number of furan rings is 1. The molecule has 8 nitrogen and oxygen atoms in total. The number of esters is 1. The summed E-state index contributed by atoms with van der Waals surface area (Å²) in [5, 5.41) is 12.2. The fourth-order valence-corrected chi connectivity index (χ4v) is 4.92. The van der Waals surface area contributed by atoms with Gasteiger partial charge in [0.15, 0.2) is 11.8 Å². The summed E-state index contributed by atoms with van der Waals surface area (Å²) in [4.78, 5) is 26.7. The Morgan fingerprint density at radius 1 is 1.07 bits per heavy atom. The summed E-state index contributed by atoms with van der Waals surface area (Å²) >= 11 is 0. The van der Waals surface area contributed by atoms with Crippen molar-refractivity contribution in [1.82, 2.24) is 10.2 Å². The van der Waals surface area contributed by atoms with E-state index in [1.807, 2.05) is 12.1 Å². The lowest BCUT2D eigenvalue weighted by atomic mass is 10.1. The summed E-state index contributed by atoms with van der Waals surface area (Å²) < 4.78 is 15.9. The Bertz CT molecular complexity index is 1250. The fourth-order valence-electron chi connectivity index (χ4n) is 4.92. The van der Waals surface area contributed by atoms with Crippen LogP contribution in [-0.4, -0.2) is 74.0 Å². The van der Waals surface area contributed by atoms with E-state index in [2.05, 4.69) is 38.6 Å². The average molecular weight is 547 g/mol. The number of carbonyl (C=O) groups is 2. The molecule has 0 radical (unpaired) electrons. The van der Waals surface area contributed by atoms with Crippen LogP contribution in [0.15, 0.2) is 40.8 Å². The smallest absolute Gasteiger partial charge is 0.331 e. The Morgan fingerprint density at radius 2 is 1.82 bits per heavy atom. The molecule has 4 rings (SSSR count). The first kappa shape index (κ1) is 29.4. The minimum Gasteiger partial charge on any atom is -0.467 e. The maximum absolute atomic E-state index is 12.4. The maximum atomic E-state index is 12.4. The van der Waals surface area contributed by atoms with Gasteiger partial charge < -0.3 is 24.3 Å². The molecule has 2 heterocycles. The van der Waals surface area contributed by atoms with Crippen molar-refractivity contribution in [3.63, 3.8) is 0 Å². The van der Waals surface area contributed by atoms with Gasteiger partial charge in [0.1, 0.15) is 5.76 Å². The molecular formula is C32H38N2O6. The number of nitrogens with one attached hydrogen (secondary N) is 1. The highest BCUT2D eigenvalue weighted by molar-refractivity contribution is 5.97. The van der Waals surface area contributed by atoms with E-state index < -0.39 is 24.0 Å². The number of aliphatic hydroxyl groups is 1. The van der Waals surface area contributed by atoms with Crippen molar-refractivity contribution >= 4 is 11.9 Å². The number of benzene rings is 1. The van der Waals surface area contributed by atoms with Gasteiger partial charge in [-0.05, 0) is 92.3 Å². The van der Waals surface area contributed by atoms with Gasteiger partial charge >= 0.3 is 5.97 Å². The molecule has 2 aliphatic rings. The van der Waals surface area contributed by atoms with E-state index >= 15 is 0 Å².